The highest BCUT2D eigenvalue weighted by molar-refractivity contribution is 7.89. The Balaban J connectivity index is 1.83. The van der Waals surface area contributed by atoms with Gasteiger partial charge in [-0.15, -0.1) is 0 Å². The maximum absolute atomic E-state index is 11.4. The van der Waals surface area contributed by atoms with E-state index < -0.39 is 10.0 Å². The number of sulfonamides is 1. The molecule has 0 spiro atoms. The maximum atomic E-state index is 11.4. The van der Waals surface area contributed by atoms with E-state index >= 15 is 0 Å². The zero-order valence-electron chi connectivity index (χ0n) is 20.5. The number of fused-ring (bicyclic) bond motifs is 1. The molecule has 188 valence electrons. The fourth-order valence-corrected chi connectivity index (χ4v) is 4.37. The van der Waals surface area contributed by atoms with Gasteiger partial charge in [-0.25, -0.2) is 23.5 Å². The van der Waals surface area contributed by atoms with Crippen molar-refractivity contribution in [2.75, 3.05) is 17.6 Å². The Morgan fingerprint density at radius 2 is 1.89 bits per heavy atom. The minimum Gasteiger partial charge on any atom is -0.364 e. The lowest BCUT2D eigenvalue weighted by Gasteiger charge is -2.15. The molecule has 0 saturated heterocycles. The topological polar surface area (TPSA) is 123 Å². The van der Waals surface area contributed by atoms with Gasteiger partial charge in [-0.1, -0.05) is 54.6 Å². The lowest BCUT2D eigenvalue weighted by Crippen LogP contribution is -2.18. The standard InChI is InChI=1S/C28H28N6O2S/c1-3-4-11-23(30-2)19-32-28-26-24(21-9-6-5-7-10-21)12-8-13-25(26)33-27(34-28)22-16-20(17-31-18-22)14-15-37(29,35)36/h3-13,16-18H,2,14-15,19H2,1H3,(H2,29,35,36)(H,32,33,34)/b4-3-,23-11-. The summed E-state index contributed by atoms with van der Waals surface area (Å²) < 4.78 is 22.8. The van der Waals surface area contributed by atoms with Gasteiger partial charge in [0.2, 0.25) is 10.0 Å². The number of aryl methyl sites for hydroxylation is 1. The molecule has 2 aromatic carbocycles. The third kappa shape index (κ3) is 6.72. The number of rotatable bonds is 10. The molecule has 0 amide bonds. The van der Waals surface area contributed by atoms with E-state index in [1.165, 1.54) is 0 Å². The van der Waals surface area contributed by atoms with Crippen LogP contribution < -0.4 is 10.5 Å². The average Bonchev–Trinajstić information content (AvgIpc) is 2.91. The largest absolute Gasteiger partial charge is 0.364 e. The Labute approximate surface area is 216 Å². The predicted molar refractivity (Wildman–Crippen MR) is 151 cm³/mol. The Morgan fingerprint density at radius 3 is 2.62 bits per heavy atom. The van der Waals surface area contributed by atoms with E-state index in [-0.39, 0.29) is 12.2 Å². The summed E-state index contributed by atoms with van der Waals surface area (Å²) in [6.45, 7) is 6.03. The van der Waals surface area contributed by atoms with Crippen molar-refractivity contribution in [1.29, 1.82) is 0 Å². The summed E-state index contributed by atoms with van der Waals surface area (Å²) in [6, 6.07) is 17.9. The van der Waals surface area contributed by atoms with Crippen molar-refractivity contribution in [2.24, 2.45) is 10.1 Å². The number of benzene rings is 2. The number of pyridine rings is 1. The molecular formula is C28H28N6O2S. The third-order valence-corrected chi connectivity index (χ3v) is 6.43. The van der Waals surface area contributed by atoms with Crippen LogP contribution in [0.1, 0.15) is 12.5 Å². The van der Waals surface area contributed by atoms with Gasteiger partial charge in [0, 0.05) is 18.0 Å². The van der Waals surface area contributed by atoms with E-state index in [1.807, 2.05) is 79.7 Å². The Bertz CT molecular complexity index is 1580. The molecule has 0 radical (unpaired) electrons. The molecule has 0 fully saturated rings. The molecule has 3 N–H and O–H groups in total. The van der Waals surface area contributed by atoms with E-state index in [2.05, 4.69) is 22.0 Å². The first-order chi connectivity index (χ1) is 17.9. The molecule has 2 aromatic heterocycles. The first kappa shape index (κ1) is 25.9. The van der Waals surface area contributed by atoms with E-state index in [4.69, 9.17) is 15.1 Å². The van der Waals surface area contributed by atoms with Crippen LogP contribution in [0.15, 0.2) is 95.9 Å². The van der Waals surface area contributed by atoms with E-state index in [9.17, 15) is 8.42 Å². The highest BCUT2D eigenvalue weighted by Gasteiger charge is 2.15. The number of nitrogens with two attached hydrogens (primary N) is 1. The lowest BCUT2D eigenvalue weighted by atomic mass is 10.0. The van der Waals surface area contributed by atoms with Crippen LogP contribution >= 0.6 is 0 Å². The van der Waals surface area contributed by atoms with Crippen LogP contribution in [0.2, 0.25) is 0 Å². The van der Waals surface area contributed by atoms with Crippen molar-refractivity contribution in [3.05, 3.63) is 96.5 Å². The van der Waals surface area contributed by atoms with Crippen LogP contribution in [0.5, 0.6) is 0 Å². The molecule has 0 atom stereocenters. The van der Waals surface area contributed by atoms with Crippen LogP contribution in [0.25, 0.3) is 33.4 Å². The zero-order valence-corrected chi connectivity index (χ0v) is 21.3. The summed E-state index contributed by atoms with van der Waals surface area (Å²) >= 11 is 0. The van der Waals surface area contributed by atoms with Gasteiger partial charge in [0.05, 0.1) is 28.9 Å². The number of primary sulfonamides is 1. The van der Waals surface area contributed by atoms with Gasteiger partial charge >= 0.3 is 0 Å². The number of nitrogens with zero attached hydrogens (tertiary/aromatic N) is 4. The maximum Gasteiger partial charge on any atom is 0.209 e. The number of hydrogen-bond acceptors (Lipinski definition) is 7. The lowest BCUT2D eigenvalue weighted by molar-refractivity contribution is 0.597. The molecule has 2 heterocycles. The molecule has 4 rings (SSSR count). The zero-order chi connectivity index (χ0) is 26.3. The molecule has 0 aliphatic carbocycles. The number of hydrogen-bond donors (Lipinski definition) is 2. The van der Waals surface area contributed by atoms with Crippen molar-refractivity contribution >= 4 is 33.5 Å². The molecule has 0 aliphatic rings. The summed E-state index contributed by atoms with van der Waals surface area (Å²) in [5.74, 6) is 0.944. The van der Waals surface area contributed by atoms with Crippen molar-refractivity contribution in [2.45, 2.75) is 13.3 Å². The van der Waals surface area contributed by atoms with Crippen LogP contribution in [-0.4, -0.2) is 42.4 Å². The Morgan fingerprint density at radius 1 is 1.08 bits per heavy atom. The average molecular weight is 513 g/mol. The second-order valence-electron chi connectivity index (χ2n) is 8.36. The number of allylic oxidation sites excluding steroid dienone is 3. The first-order valence-corrected chi connectivity index (χ1v) is 13.4. The van der Waals surface area contributed by atoms with Crippen LogP contribution in [0.4, 0.5) is 5.82 Å². The van der Waals surface area contributed by atoms with Crippen molar-refractivity contribution in [1.82, 2.24) is 15.0 Å². The number of aliphatic imine (C=N–C) groups is 1. The number of nitrogens with one attached hydrogen (secondary N) is 1. The monoisotopic (exact) mass is 512 g/mol. The second-order valence-corrected chi connectivity index (χ2v) is 10.1. The minimum atomic E-state index is -3.58. The van der Waals surface area contributed by atoms with Gasteiger partial charge in [-0.3, -0.25) is 9.98 Å². The normalized spacial score (nSPS) is 12.2. The van der Waals surface area contributed by atoms with Gasteiger partial charge < -0.3 is 5.32 Å². The summed E-state index contributed by atoms with van der Waals surface area (Å²) in [5, 5.41) is 9.48. The van der Waals surface area contributed by atoms with E-state index in [1.54, 1.807) is 12.4 Å². The van der Waals surface area contributed by atoms with Crippen LogP contribution in [0, 0.1) is 0 Å². The quantitative estimate of drug-likeness (QED) is 0.233. The van der Waals surface area contributed by atoms with Crippen LogP contribution in [-0.2, 0) is 16.4 Å². The van der Waals surface area contributed by atoms with Crippen molar-refractivity contribution in [3.8, 4) is 22.5 Å². The van der Waals surface area contributed by atoms with Crippen LogP contribution in [0.3, 0.4) is 0 Å². The molecule has 0 aliphatic heterocycles. The summed E-state index contributed by atoms with van der Waals surface area (Å²) in [6.07, 6.45) is 9.25. The minimum absolute atomic E-state index is 0.167. The van der Waals surface area contributed by atoms with Gasteiger partial charge in [-0.05, 0) is 55.0 Å². The summed E-state index contributed by atoms with van der Waals surface area (Å²) in [4.78, 5) is 18.1. The molecule has 0 unspecified atom stereocenters. The van der Waals surface area contributed by atoms with E-state index in [0.717, 1.165) is 33.3 Å². The predicted octanol–water partition coefficient (Wildman–Crippen LogP) is 4.76. The number of aromatic nitrogens is 3. The molecule has 0 bridgehead atoms. The molecule has 0 saturated carbocycles. The van der Waals surface area contributed by atoms with Crippen molar-refractivity contribution < 1.29 is 8.42 Å². The van der Waals surface area contributed by atoms with Crippen molar-refractivity contribution in [3.63, 3.8) is 0 Å². The smallest absolute Gasteiger partial charge is 0.209 e. The fourth-order valence-electron chi connectivity index (χ4n) is 3.85. The number of anilines is 1. The third-order valence-electron chi connectivity index (χ3n) is 5.66. The first-order valence-electron chi connectivity index (χ1n) is 11.7. The van der Waals surface area contributed by atoms with Gasteiger partial charge in [-0.2, -0.15) is 0 Å². The van der Waals surface area contributed by atoms with Gasteiger partial charge in [0.1, 0.15) is 5.82 Å². The molecular weight excluding hydrogens is 484 g/mol. The summed E-state index contributed by atoms with van der Waals surface area (Å²) in [5.41, 5.74) is 4.97. The molecule has 4 aromatic rings. The highest BCUT2D eigenvalue weighted by atomic mass is 32.2. The fraction of sp³-hybridized carbons (Fsp3) is 0.143. The van der Waals surface area contributed by atoms with E-state index in [0.29, 0.717) is 23.8 Å². The Hall–Kier alpha value is -4.21. The Kier molecular flexibility index (Phi) is 8.17. The second kappa shape index (κ2) is 11.7. The van der Waals surface area contributed by atoms with Gasteiger partial charge in [0.15, 0.2) is 5.82 Å². The van der Waals surface area contributed by atoms with Gasteiger partial charge in [0.25, 0.3) is 0 Å². The molecule has 8 nitrogen and oxygen atoms in total. The summed E-state index contributed by atoms with van der Waals surface area (Å²) in [7, 11) is -3.58. The SMILES string of the molecule is C=N/C(=C\C=C/C)CNc1nc(-c2cncc(CCS(N)(=O)=O)c2)nc2cccc(-c3ccccc3)c12. The highest BCUT2D eigenvalue weighted by Crippen LogP contribution is 2.34. The molecule has 9 heteroatoms. The molecule has 37 heavy (non-hydrogen) atoms.